The van der Waals surface area contributed by atoms with E-state index >= 15 is 0 Å². The van der Waals surface area contributed by atoms with E-state index in [9.17, 15) is 19.0 Å². The standard InChI is InChI=1S/C50H92NO8P/c1-6-8-10-12-14-16-18-20-22-23-24-25-26-27-29-31-33-35-37-39-41-43-50(53)59-48(47-58-60(54,55)57-45-44-51(3,4)5)46-56-49(52)42-40-38-36-34-32-30-28-21-19-17-15-13-11-9-7-2/h9,11,15,17,21,28,32,34,48H,6-8,10,12-14,16,18-20,22-27,29-31,33,35-47H2,1-5H3/p+1/b11-9+,17-15+,28-21+,34-32+/t48-/m1/s1. The number of phosphoric ester groups is 1. The number of esters is 2. The predicted octanol–water partition coefficient (Wildman–Crippen LogP) is 14.2. The van der Waals surface area contributed by atoms with Crippen LogP contribution >= 0.6 is 7.82 Å². The van der Waals surface area contributed by atoms with Gasteiger partial charge in [0.2, 0.25) is 0 Å². The third-order valence-electron chi connectivity index (χ3n) is 10.4. The Kier molecular flexibility index (Phi) is 40.8. The maximum atomic E-state index is 12.7. The summed E-state index contributed by atoms with van der Waals surface area (Å²) < 4.78 is 34.3. The van der Waals surface area contributed by atoms with E-state index in [-0.39, 0.29) is 26.1 Å². The third kappa shape index (κ3) is 45.5. The lowest BCUT2D eigenvalue weighted by molar-refractivity contribution is -0.870. The number of nitrogens with zero attached hydrogens (tertiary/aromatic N) is 1. The maximum absolute atomic E-state index is 12.7. The van der Waals surface area contributed by atoms with Crippen LogP contribution in [0.2, 0.25) is 0 Å². The van der Waals surface area contributed by atoms with Gasteiger partial charge in [0, 0.05) is 12.8 Å². The van der Waals surface area contributed by atoms with Gasteiger partial charge in [-0.2, -0.15) is 0 Å². The van der Waals surface area contributed by atoms with Crippen LogP contribution in [0.5, 0.6) is 0 Å². The minimum Gasteiger partial charge on any atom is -0.462 e. The van der Waals surface area contributed by atoms with E-state index in [1.165, 1.54) is 116 Å². The molecule has 0 aliphatic rings. The minimum absolute atomic E-state index is 0.0249. The van der Waals surface area contributed by atoms with Gasteiger partial charge in [0.15, 0.2) is 6.10 Å². The molecule has 0 bridgehead atoms. The number of carbonyl (C=O) groups excluding carboxylic acids is 2. The normalized spacial score (nSPS) is 13.9. The molecule has 0 saturated carbocycles. The Bertz CT molecular complexity index is 1160. The molecule has 0 aliphatic carbocycles. The first-order chi connectivity index (χ1) is 29.0. The van der Waals surface area contributed by atoms with Gasteiger partial charge in [-0.3, -0.25) is 18.6 Å². The van der Waals surface area contributed by atoms with E-state index in [2.05, 4.69) is 62.5 Å². The number of ether oxygens (including phenoxy) is 2. The smallest absolute Gasteiger partial charge is 0.462 e. The van der Waals surface area contributed by atoms with Gasteiger partial charge >= 0.3 is 19.8 Å². The monoisotopic (exact) mass is 867 g/mol. The lowest BCUT2D eigenvalue weighted by atomic mass is 10.0. The zero-order valence-corrected chi connectivity index (χ0v) is 40.3. The van der Waals surface area contributed by atoms with Crippen molar-refractivity contribution in [1.29, 1.82) is 0 Å². The number of rotatable bonds is 44. The topological polar surface area (TPSA) is 108 Å². The van der Waals surface area contributed by atoms with Crippen LogP contribution in [0, 0.1) is 0 Å². The van der Waals surface area contributed by atoms with Crippen LogP contribution in [0.3, 0.4) is 0 Å². The Hall–Kier alpha value is -2.03. The molecule has 0 aromatic rings. The minimum atomic E-state index is -4.39. The first kappa shape index (κ1) is 58.0. The SMILES string of the molecule is CC/C=C/C/C=C/C/C=C/C/C=C/CCCCC(=O)OC[C@H](COP(=O)(O)OCC[N+](C)(C)C)OC(=O)CCCCCCCCCCCCCCCCCCCCCCC. The van der Waals surface area contributed by atoms with Gasteiger partial charge < -0.3 is 18.9 Å². The van der Waals surface area contributed by atoms with Crippen LogP contribution in [-0.4, -0.2) is 74.9 Å². The highest BCUT2D eigenvalue weighted by atomic mass is 31.2. The van der Waals surface area contributed by atoms with Crippen molar-refractivity contribution in [3.63, 3.8) is 0 Å². The average molecular weight is 867 g/mol. The summed E-state index contributed by atoms with van der Waals surface area (Å²) in [6, 6.07) is 0. The molecule has 0 rings (SSSR count). The van der Waals surface area contributed by atoms with Crippen molar-refractivity contribution >= 4 is 19.8 Å². The predicted molar refractivity (Wildman–Crippen MR) is 252 cm³/mol. The number of quaternary nitrogens is 1. The zero-order chi connectivity index (χ0) is 44.3. The fraction of sp³-hybridized carbons (Fsp3) is 0.800. The fourth-order valence-corrected chi connectivity index (χ4v) is 7.34. The summed E-state index contributed by atoms with van der Waals surface area (Å²) in [7, 11) is 1.46. The Morgan fingerprint density at radius 3 is 1.42 bits per heavy atom. The van der Waals surface area contributed by atoms with Gasteiger partial charge in [-0.15, -0.1) is 0 Å². The quantitative estimate of drug-likeness (QED) is 0.0212. The van der Waals surface area contributed by atoms with E-state index in [0.717, 1.165) is 51.4 Å². The van der Waals surface area contributed by atoms with E-state index in [1.54, 1.807) is 0 Å². The number of allylic oxidation sites excluding steroid dienone is 8. The molecule has 1 unspecified atom stereocenters. The maximum Gasteiger partial charge on any atom is 0.472 e. The van der Waals surface area contributed by atoms with Crippen LogP contribution in [-0.2, 0) is 32.7 Å². The highest BCUT2D eigenvalue weighted by Gasteiger charge is 2.27. The molecule has 0 aliphatic heterocycles. The summed E-state index contributed by atoms with van der Waals surface area (Å²) in [6.07, 6.45) is 50.3. The van der Waals surface area contributed by atoms with Crippen molar-refractivity contribution in [2.24, 2.45) is 0 Å². The molecule has 2 atom stereocenters. The summed E-state index contributed by atoms with van der Waals surface area (Å²) in [5.74, 6) is -0.842. The Morgan fingerprint density at radius 2 is 0.950 bits per heavy atom. The van der Waals surface area contributed by atoms with Crippen molar-refractivity contribution in [1.82, 2.24) is 0 Å². The highest BCUT2D eigenvalue weighted by Crippen LogP contribution is 2.43. The van der Waals surface area contributed by atoms with Gasteiger partial charge in [-0.25, -0.2) is 4.57 Å². The molecule has 0 radical (unpaired) electrons. The zero-order valence-electron chi connectivity index (χ0n) is 39.4. The number of hydrogen-bond donors (Lipinski definition) is 1. The van der Waals surface area contributed by atoms with Crippen molar-refractivity contribution in [3.8, 4) is 0 Å². The van der Waals surface area contributed by atoms with Gasteiger partial charge in [0.1, 0.15) is 19.8 Å². The second-order valence-corrected chi connectivity index (χ2v) is 18.9. The van der Waals surface area contributed by atoms with Gasteiger partial charge in [0.05, 0.1) is 27.7 Å². The van der Waals surface area contributed by atoms with E-state index < -0.39 is 32.5 Å². The molecule has 0 aromatic carbocycles. The van der Waals surface area contributed by atoms with Gasteiger partial charge in [-0.05, 0) is 51.4 Å². The second-order valence-electron chi connectivity index (χ2n) is 17.5. The van der Waals surface area contributed by atoms with E-state index in [1.807, 2.05) is 21.1 Å². The molecule has 60 heavy (non-hydrogen) atoms. The summed E-state index contributed by atoms with van der Waals surface area (Å²) in [5.41, 5.74) is 0. The Balaban J connectivity index is 4.29. The first-order valence-electron chi connectivity index (χ1n) is 24.4. The molecular weight excluding hydrogens is 774 g/mol. The van der Waals surface area contributed by atoms with Gasteiger partial charge in [0.25, 0.3) is 0 Å². The number of carbonyl (C=O) groups is 2. The molecule has 10 heteroatoms. The number of hydrogen-bond acceptors (Lipinski definition) is 7. The number of likely N-dealkylation sites (N-methyl/N-ethyl adjacent to an activating group) is 1. The van der Waals surface area contributed by atoms with E-state index in [4.69, 9.17) is 18.5 Å². The van der Waals surface area contributed by atoms with Crippen molar-refractivity contribution in [2.45, 2.75) is 213 Å². The fourth-order valence-electron chi connectivity index (χ4n) is 6.59. The molecule has 0 aromatic heterocycles. The number of unbranched alkanes of at least 4 members (excludes halogenated alkanes) is 22. The number of phosphoric acid groups is 1. The summed E-state index contributed by atoms with van der Waals surface area (Å²) >= 11 is 0. The summed E-state index contributed by atoms with van der Waals surface area (Å²) in [6.45, 7) is 4.28. The average Bonchev–Trinajstić information content (AvgIpc) is 3.20. The largest absolute Gasteiger partial charge is 0.472 e. The molecule has 0 heterocycles. The van der Waals surface area contributed by atoms with Crippen LogP contribution in [0.4, 0.5) is 0 Å². The summed E-state index contributed by atoms with van der Waals surface area (Å²) in [4.78, 5) is 35.4. The van der Waals surface area contributed by atoms with Crippen LogP contribution in [0.25, 0.3) is 0 Å². The van der Waals surface area contributed by atoms with Crippen LogP contribution in [0.15, 0.2) is 48.6 Å². The Labute approximate surface area is 369 Å². The molecule has 1 N–H and O–H groups in total. The summed E-state index contributed by atoms with van der Waals surface area (Å²) in [5, 5.41) is 0. The molecule has 0 fully saturated rings. The third-order valence-corrected chi connectivity index (χ3v) is 11.4. The van der Waals surface area contributed by atoms with Crippen LogP contribution < -0.4 is 0 Å². The van der Waals surface area contributed by atoms with Crippen LogP contribution in [0.1, 0.15) is 206 Å². The molecule has 350 valence electrons. The molecule has 0 saturated heterocycles. The van der Waals surface area contributed by atoms with Crippen molar-refractivity contribution in [3.05, 3.63) is 48.6 Å². The second kappa shape index (κ2) is 42.3. The highest BCUT2D eigenvalue weighted by molar-refractivity contribution is 7.47. The van der Waals surface area contributed by atoms with Crippen molar-refractivity contribution in [2.75, 3.05) is 47.5 Å². The molecule has 0 spiro atoms. The molecule has 9 nitrogen and oxygen atoms in total. The Morgan fingerprint density at radius 1 is 0.533 bits per heavy atom. The first-order valence-corrected chi connectivity index (χ1v) is 25.9. The van der Waals surface area contributed by atoms with Gasteiger partial charge in [-0.1, -0.05) is 191 Å². The van der Waals surface area contributed by atoms with Crippen molar-refractivity contribution < 1.29 is 42.1 Å². The lowest BCUT2D eigenvalue weighted by Gasteiger charge is -2.24. The molecular formula is C50H93NO8P+. The van der Waals surface area contributed by atoms with E-state index in [0.29, 0.717) is 23.9 Å². The molecule has 0 amide bonds. The lowest BCUT2D eigenvalue weighted by Crippen LogP contribution is -2.37.